The van der Waals surface area contributed by atoms with Gasteiger partial charge in [0.1, 0.15) is 0 Å². The Bertz CT molecular complexity index is 683. The Kier molecular flexibility index (Phi) is 13.0. The van der Waals surface area contributed by atoms with Crippen LogP contribution in [0.4, 0.5) is 0 Å². The number of aliphatic imine (C=N–C) groups is 1. The summed E-state index contributed by atoms with van der Waals surface area (Å²) < 4.78 is 11.3. The van der Waals surface area contributed by atoms with E-state index in [4.69, 9.17) is 14.5 Å². The molecule has 180 valence electrons. The molecule has 2 fully saturated rings. The molecule has 3 rings (SSSR count). The fourth-order valence-corrected chi connectivity index (χ4v) is 4.03. The van der Waals surface area contributed by atoms with Gasteiger partial charge in [0.05, 0.1) is 6.10 Å². The molecule has 1 atom stereocenters. The molecule has 1 amide bonds. The van der Waals surface area contributed by atoms with E-state index in [1.54, 1.807) is 0 Å². The van der Waals surface area contributed by atoms with Crippen LogP contribution < -0.4 is 10.6 Å². The van der Waals surface area contributed by atoms with Crippen molar-refractivity contribution in [2.45, 2.75) is 45.1 Å². The molecule has 7 nitrogen and oxygen atoms in total. The summed E-state index contributed by atoms with van der Waals surface area (Å²) in [6, 6.07) is 10.3. The largest absolute Gasteiger partial charge is 0.381 e. The molecule has 2 heterocycles. The van der Waals surface area contributed by atoms with E-state index in [0.29, 0.717) is 19.1 Å². The molecule has 0 aliphatic carbocycles. The SMILES string of the molecule is CCNC(=NCC1CC(=O)N(CCc2ccccc2)C1)NCCCOC1CCOCC1.I. The molecule has 2 N–H and O–H groups in total. The van der Waals surface area contributed by atoms with Crippen LogP contribution in [-0.4, -0.2) is 75.4 Å². The maximum Gasteiger partial charge on any atom is 0.223 e. The van der Waals surface area contributed by atoms with Gasteiger partial charge in [0.2, 0.25) is 5.91 Å². The fraction of sp³-hybridized carbons (Fsp3) is 0.667. The summed E-state index contributed by atoms with van der Waals surface area (Å²) in [5.74, 6) is 1.36. The summed E-state index contributed by atoms with van der Waals surface area (Å²) >= 11 is 0. The van der Waals surface area contributed by atoms with Gasteiger partial charge in [-0.1, -0.05) is 30.3 Å². The molecule has 0 bridgehead atoms. The highest BCUT2D eigenvalue weighted by molar-refractivity contribution is 14.0. The molecule has 2 aliphatic rings. The first kappa shape index (κ1) is 26.9. The van der Waals surface area contributed by atoms with Crippen LogP contribution >= 0.6 is 24.0 Å². The molecule has 0 aromatic heterocycles. The first-order chi connectivity index (χ1) is 15.2. The number of halogens is 1. The van der Waals surface area contributed by atoms with Crippen LogP contribution in [0.15, 0.2) is 35.3 Å². The molecule has 0 saturated carbocycles. The van der Waals surface area contributed by atoms with Gasteiger partial charge in [0.15, 0.2) is 5.96 Å². The molecule has 1 aromatic carbocycles. The summed E-state index contributed by atoms with van der Waals surface area (Å²) in [6.45, 7) is 8.34. The molecule has 0 radical (unpaired) electrons. The van der Waals surface area contributed by atoms with Crippen molar-refractivity contribution >= 4 is 35.8 Å². The Balaban J connectivity index is 0.00000363. The van der Waals surface area contributed by atoms with E-state index in [9.17, 15) is 4.79 Å². The third kappa shape index (κ3) is 9.62. The van der Waals surface area contributed by atoms with Gasteiger partial charge in [-0.05, 0) is 38.2 Å². The van der Waals surface area contributed by atoms with Gasteiger partial charge in [0.25, 0.3) is 0 Å². The lowest BCUT2D eigenvalue weighted by Gasteiger charge is -2.22. The average Bonchev–Trinajstić information content (AvgIpc) is 3.16. The predicted molar refractivity (Wildman–Crippen MR) is 139 cm³/mol. The zero-order valence-corrected chi connectivity index (χ0v) is 21.6. The summed E-state index contributed by atoms with van der Waals surface area (Å²) in [7, 11) is 0. The van der Waals surface area contributed by atoms with Gasteiger partial charge < -0.3 is 25.0 Å². The van der Waals surface area contributed by atoms with Crippen molar-refractivity contribution in [3.05, 3.63) is 35.9 Å². The highest BCUT2D eigenvalue weighted by atomic mass is 127. The Labute approximate surface area is 209 Å². The number of carbonyl (C=O) groups excluding carboxylic acids is 1. The summed E-state index contributed by atoms with van der Waals surface area (Å²) in [5, 5.41) is 6.69. The zero-order chi connectivity index (χ0) is 21.7. The molecule has 0 spiro atoms. The van der Waals surface area contributed by atoms with E-state index in [1.807, 2.05) is 23.1 Å². The van der Waals surface area contributed by atoms with Crippen molar-refractivity contribution in [1.82, 2.24) is 15.5 Å². The quantitative estimate of drug-likeness (QED) is 0.189. The van der Waals surface area contributed by atoms with Crippen LogP contribution in [0.25, 0.3) is 0 Å². The summed E-state index contributed by atoms with van der Waals surface area (Å²) in [4.78, 5) is 19.1. The van der Waals surface area contributed by atoms with E-state index in [-0.39, 0.29) is 35.8 Å². The molecule has 1 unspecified atom stereocenters. The Morgan fingerprint density at radius 2 is 2.00 bits per heavy atom. The zero-order valence-electron chi connectivity index (χ0n) is 19.3. The number of rotatable bonds is 11. The highest BCUT2D eigenvalue weighted by Gasteiger charge is 2.29. The standard InChI is InChI=1S/C24H38N4O3.HI/c1-2-25-24(26-12-6-14-31-22-10-15-30-16-11-22)27-18-21-17-23(29)28(19-21)13-9-20-7-4-3-5-8-20;/h3-5,7-8,21-22H,2,6,9-19H2,1H3,(H2,25,26,27);1H. The molecule has 2 saturated heterocycles. The highest BCUT2D eigenvalue weighted by Crippen LogP contribution is 2.18. The number of carbonyl (C=O) groups is 1. The van der Waals surface area contributed by atoms with Gasteiger partial charge in [-0.3, -0.25) is 9.79 Å². The van der Waals surface area contributed by atoms with E-state index < -0.39 is 0 Å². The maximum absolute atomic E-state index is 12.4. The number of nitrogens with zero attached hydrogens (tertiary/aromatic N) is 2. The lowest BCUT2D eigenvalue weighted by molar-refractivity contribution is -0.127. The number of likely N-dealkylation sites (tertiary alicyclic amines) is 1. The molecule has 2 aliphatic heterocycles. The van der Waals surface area contributed by atoms with Crippen molar-refractivity contribution < 1.29 is 14.3 Å². The number of hydrogen-bond acceptors (Lipinski definition) is 4. The molecular formula is C24H39IN4O3. The monoisotopic (exact) mass is 558 g/mol. The average molecular weight is 559 g/mol. The topological polar surface area (TPSA) is 75.2 Å². The van der Waals surface area contributed by atoms with Crippen LogP contribution in [0.1, 0.15) is 38.2 Å². The summed E-state index contributed by atoms with van der Waals surface area (Å²) in [6.07, 6.45) is 4.79. The van der Waals surface area contributed by atoms with Crippen molar-refractivity contribution in [1.29, 1.82) is 0 Å². The summed E-state index contributed by atoms with van der Waals surface area (Å²) in [5.41, 5.74) is 1.27. The first-order valence-electron chi connectivity index (χ1n) is 11.8. The van der Waals surface area contributed by atoms with Gasteiger partial charge in [-0.25, -0.2) is 0 Å². The minimum Gasteiger partial charge on any atom is -0.381 e. The van der Waals surface area contributed by atoms with Crippen molar-refractivity contribution in [2.24, 2.45) is 10.9 Å². The minimum atomic E-state index is 0. The van der Waals surface area contributed by atoms with Crippen LogP contribution in [0.3, 0.4) is 0 Å². The maximum atomic E-state index is 12.4. The third-order valence-electron chi connectivity index (χ3n) is 5.80. The predicted octanol–water partition coefficient (Wildman–Crippen LogP) is 2.84. The molecule has 1 aromatic rings. The van der Waals surface area contributed by atoms with E-state index >= 15 is 0 Å². The van der Waals surface area contributed by atoms with Gasteiger partial charge in [-0.15, -0.1) is 24.0 Å². The van der Waals surface area contributed by atoms with Crippen LogP contribution in [0.5, 0.6) is 0 Å². The lowest BCUT2D eigenvalue weighted by atomic mass is 10.1. The second-order valence-corrected chi connectivity index (χ2v) is 8.33. The Morgan fingerprint density at radius 3 is 2.75 bits per heavy atom. The lowest BCUT2D eigenvalue weighted by Crippen LogP contribution is -2.38. The number of benzene rings is 1. The van der Waals surface area contributed by atoms with Gasteiger partial charge >= 0.3 is 0 Å². The molecule has 32 heavy (non-hydrogen) atoms. The third-order valence-corrected chi connectivity index (χ3v) is 5.80. The number of hydrogen-bond donors (Lipinski definition) is 2. The van der Waals surface area contributed by atoms with E-state index in [1.165, 1.54) is 5.56 Å². The minimum absolute atomic E-state index is 0. The molecular weight excluding hydrogens is 519 g/mol. The van der Waals surface area contributed by atoms with Gasteiger partial charge in [-0.2, -0.15) is 0 Å². The van der Waals surface area contributed by atoms with E-state index in [2.05, 4.69) is 29.7 Å². The number of amides is 1. The number of ether oxygens (including phenoxy) is 2. The second-order valence-electron chi connectivity index (χ2n) is 8.33. The second kappa shape index (κ2) is 15.4. The van der Waals surface area contributed by atoms with Crippen LogP contribution in [0, 0.1) is 5.92 Å². The van der Waals surface area contributed by atoms with Crippen LogP contribution in [0.2, 0.25) is 0 Å². The van der Waals surface area contributed by atoms with Crippen molar-refractivity contribution in [2.75, 3.05) is 52.5 Å². The van der Waals surface area contributed by atoms with Crippen molar-refractivity contribution in [3.63, 3.8) is 0 Å². The first-order valence-corrected chi connectivity index (χ1v) is 11.8. The van der Waals surface area contributed by atoms with Gasteiger partial charge in [0, 0.05) is 64.9 Å². The fourth-order valence-electron chi connectivity index (χ4n) is 4.03. The Hall–Kier alpha value is -1.39. The number of nitrogens with one attached hydrogen (secondary N) is 2. The Morgan fingerprint density at radius 1 is 1.22 bits per heavy atom. The molecule has 8 heteroatoms. The normalized spacial score (nSPS) is 19.7. The van der Waals surface area contributed by atoms with Crippen molar-refractivity contribution in [3.8, 4) is 0 Å². The van der Waals surface area contributed by atoms with Crippen LogP contribution in [-0.2, 0) is 20.7 Å². The smallest absolute Gasteiger partial charge is 0.223 e. The number of guanidine groups is 1. The van der Waals surface area contributed by atoms with E-state index in [0.717, 1.165) is 77.6 Å².